The van der Waals surface area contributed by atoms with Gasteiger partial charge >= 0.3 is 0 Å². The van der Waals surface area contributed by atoms with Crippen LogP contribution >= 0.6 is 0 Å². The summed E-state index contributed by atoms with van der Waals surface area (Å²) in [5, 5.41) is 3.49. The van der Waals surface area contributed by atoms with Crippen LogP contribution in [0.5, 0.6) is 0 Å². The van der Waals surface area contributed by atoms with E-state index in [-0.39, 0.29) is 0 Å². The quantitative estimate of drug-likeness (QED) is 0.593. The number of rotatable bonds is 7. The Morgan fingerprint density at radius 2 is 2.00 bits per heavy atom. The van der Waals surface area contributed by atoms with Crippen molar-refractivity contribution in [2.45, 2.75) is 39.5 Å². The van der Waals surface area contributed by atoms with E-state index in [1.165, 1.54) is 30.5 Å². The first-order chi connectivity index (χ1) is 9.66. The van der Waals surface area contributed by atoms with E-state index in [4.69, 9.17) is 5.73 Å². The average molecular weight is 275 g/mol. The Morgan fingerprint density at radius 3 is 2.65 bits per heavy atom. The molecule has 3 N–H and O–H groups in total. The van der Waals surface area contributed by atoms with Gasteiger partial charge in [-0.15, -0.1) is 0 Å². The van der Waals surface area contributed by atoms with Crippen molar-refractivity contribution in [3.63, 3.8) is 0 Å². The minimum absolute atomic E-state index is 0.727. The molecular weight excluding hydrogens is 246 g/mol. The first-order valence-electron chi connectivity index (χ1n) is 8.01. The van der Waals surface area contributed by atoms with Crippen LogP contribution in [0.15, 0.2) is 18.2 Å². The molecule has 1 aliphatic rings. The van der Waals surface area contributed by atoms with E-state index in [0.717, 1.165) is 44.2 Å². The third-order valence-corrected chi connectivity index (χ3v) is 3.91. The maximum atomic E-state index is 6.21. The van der Waals surface area contributed by atoms with Crippen molar-refractivity contribution in [2.75, 3.05) is 36.8 Å². The Bertz CT molecular complexity index is 409. The molecule has 0 atom stereocenters. The Morgan fingerprint density at radius 1 is 1.25 bits per heavy atom. The lowest BCUT2D eigenvalue weighted by molar-refractivity contribution is 0.543. The summed E-state index contributed by atoms with van der Waals surface area (Å²) >= 11 is 0. The van der Waals surface area contributed by atoms with Crippen molar-refractivity contribution in [2.24, 2.45) is 5.92 Å². The zero-order valence-corrected chi connectivity index (χ0v) is 13.0. The van der Waals surface area contributed by atoms with Crippen LogP contribution in [0.3, 0.4) is 0 Å². The van der Waals surface area contributed by atoms with Gasteiger partial charge in [-0.25, -0.2) is 0 Å². The van der Waals surface area contributed by atoms with Crippen molar-refractivity contribution in [1.82, 2.24) is 5.32 Å². The second-order valence-corrected chi connectivity index (χ2v) is 6.29. The van der Waals surface area contributed by atoms with Gasteiger partial charge in [-0.1, -0.05) is 19.9 Å². The molecule has 0 unspecified atom stereocenters. The SMILES string of the molecule is CC(C)CNCCCc1ccc(N2CCCC2)c(N)c1. The molecule has 2 rings (SSSR count). The molecule has 3 heteroatoms. The van der Waals surface area contributed by atoms with Gasteiger partial charge in [0, 0.05) is 13.1 Å². The van der Waals surface area contributed by atoms with Gasteiger partial charge in [0.05, 0.1) is 11.4 Å². The third kappa shape index (κ3) is 4.41. The van der Waals surface area contributed by atoms with Gasteiger partial charge in [-0.05, 0) is 62.4 Å². The smallest absolute Gasteiger partial charge is 0.0600 e. The van der Waals surface area contributed by atoms with Gasteiger partial charge in [0.2, 0.25) is 0 Å². The van der Waals surface area contributed by atoms with E-state index in [2.05, 4.69) is 42.3 Å². The number of aryl methyl sites for hydroxylation is 1. The number of hydrogen-bond acceptors (Lipinski definition) is 3. The molecule has 0 aromatic heterocycles. The summed E-state index contributed by atoms with van der Waals surface area (Å²) in [7, 11) is 0. The molecule has 20 heavy (non-hydrogen) atoms. The summed E-state index contributed by atoms with van der Waals surface area (Å²) in [5.41, 5.74) is 9.74. The van der Waals surface area contributed by atoms with E-state index in [1.54, 1.807) is 0 Å². The maximum Gasteiger partial charge on any atom is 0.0600 e. The monoisotopic (exact) mass is 275 g/mol. The zero-order valence-electron chi connectivity index (χ0n) is 13.0. The lowest BCUT2D eigenvalue weighted by Crippen LogP contribution is -2.21. The Balaban J connectivity index is 1.79. The van der Waals surface area contributed by atoms with Crippen LogP contribution in [-0.2, 0) is 6.42 Å². The number of nitrogens with two attached hydrogens (primary N) is 1. The molecular formula is C17H29N3. The summed E-state index contributed by atoms with van der Waals surface area (Å²) in [4.78, 5) is 2.41. The molecule has 1 saturated heterocycles. The second-order valence-electron chi connectivity index (χ2n) is 6.29. The first kappa shape index (κ1) is 15.2. The highest BCUT2D eigenvalue weighted by atomic mass is 15.1. The Labute approximate surface area is 123 Å². The molecule has 0 spiro atoms. The first-order valence-corrected chi connectivity index (χ1v) is 8.01. The fourth-order valence-electron chi connectivity index (χ4n) is 2.81. The number of benzene rings is 1. The number of nitrogens with one attached hydrogen (secondary N) is 1. The number of nitrogen functional groups attached to an aromatic ring is 1. The van der Waals surface area contributed by atoms with Gasteiger partial charge in [0.25, 0.3) is 0 Å². The van der Waals surface area contributed by atoms with Gasteiger partial charge in [-0.3, -0.25) is 0 Å². The van der Waals surface area contributed by atoms with Crippen LogP contribution in [0.1, 0.15) is 38.7 Å². The lowest BCUT2D eigenvalue weighted by atomic mass is 10.1. The molecule has 0 amide bonds. The highest BCUT2D eigenvalue weighted by molar-refractivity contribution is 5.68. The third-order valence-electron chi connectivity index (χ3n) is 3.91. The predicted octanol–water partition coefficient (Wildman–Crippen LogP) is 3.05. The molecule has 1 heterocycles. The van der Waals surface area contributed by atoms with Crippen LogP contribution in [-0.4, -0.2) is 26.2 Å². The van der Waals surface area contributed by atoms with E-state index >= 15 is 0 Å². The maximum absolute atomic E-state index is 6.21. The van der Waals surface area contributed by atoms with Crippen LogP contribution in [0.2, 0.25) is 0 Å². The highest BCUT2D eigenvalue weighted by Crippen LogP contribution is 2.27. The topological polar surface area (TPSA) is 41.3 Å². The van der Waals surface area contributed by atoms with Crippen LogP contribution < -0.4 is 16.0 Å². The lowest BCUT2D eigenvalue weighted by Gasteiger charge is -2.20. The molecule has 1 aromatic carbocycles. The van der Waals surface area contributed by atoms with Crippen molar-refractivity contribution >= 4 is 11.4 Å². The van der Waals surface area contributed by atoms with E-state index in [9.17, 15) is 0 Å². The van der Waals surface area contributed by atoms with Crippen molar-refractivity contribution < 1.29 is 0 Å². The number of anilines is 2. The van der Waals surface area contributed by atoms with E-state index < -0.39 is 0 Å². The predicted molar refractivity (Wildman–Crippen MR) is 88.3 cm³/mol. The summed E-state index contributed by atoms with van der Waals surface area (Å²) in [6, 6.07) is 6.61. The number of nitrogens with zero attached hydrogens (tertiary/aromatic N) is 1. The van der Waals surface area contributed by atoms with Crippen molar-refractivity contribution in [3.05, 3.63) is 23.8 Å². The molecule has 1 aliphatic heterocycles. The van der Waals surface area contributed by atoms with Gasteiger partial charge < -0.3 is 16.0 Å². The fraction of sp³-hybridized carbons (Fsp3) is 0.647. The minimum Gasteiger partial charge on any atom is -0.397 e. The zero-order chi connectivity index (χ0) is 14.4. The molecule has 112 valence electrons. The highest BCUT2D eigenvalue weighted by Gasteiger charge is 2.14. The number of hydrogen-bond donors (Lipinski definition) is 2. The molecule has 0 radical (unpaired) electrons. The van der Waals surface area contributed by atoms with Crippen LogP contribution in [0, 0.1) is 5.92 Å². The van der Waals surface area contributed by atoms with Crippen LogP contribution in [0.25, 0.3) is 0 Å². The van der Waals surface area contributed by atoms with E-state index in [0.29, 0.717) is 0 Å². The second kappa shape index (κ2) is 7.53. The van der Waals surface area contributed by atoms with E-state index in [1.807, 2.05) is 0 Å². The molecule has 1 aromatic rings. The Hall–Kier alpha value is -1.22. The minimum atomic E-state index is 0.727. The normalized spacial score (nSPS) is 15.2. The van der Waals surface area contributed by atoms with Gasteiger partial charge in [0.1, 0.15) is 0 Å². The average Bonchev–Trinajstić information content (AvgIpc) is 2.92. The fourth-order valence-corrected chi connectivity index (χ4v) is 2.81. The summed E-state index contributed by atoms with van der Waals surface area (Å²) in [5.74, 6) is 0.727. The Kier molecular flexibility index (Phi) is 5.72. The molecule has 0 aliphatic carbocycles. The van der Waals surface area contributed by atoms with Gasteiger partial charge in [0.15, 0.2) is 0 Å². The van der Waals surface area contributed by atoms with Gasteiger partial charge in [-0.2, -0.15) is 0 Å². The summed E-state index contributed by atoms with van der Waals surface area (Å²) < 4.78 is 0. The standard InChI is InChI=1S/C17H29N3/c1-14(2)13-19-9-5-6-15-7-8-17(16(18)12-15)20-10-3-4-11-20/h7-8,12,14,19H,3-6,9-11,13,18H2,1-2H3. The summed E-state index contributed by atoms with van der Waals surface area (Å²) in [6.07, 6.45) is 4.87. The largest absolute Gasteiger partial charge is 0.397 e. The molecule has 3 nitrogen and oxygen atoms in total. The molecule has 0 saturated carbocycles. The molecule has 0 bridgehead atoms. The molecule has 1 fully saturated rings. The van der Waals surface area contributed by atoms with Crippen molar-refractivity contribution in [3.8, 4) is 0 Å². The van der Waals surface area contributed by atoms with Crippen molar-refractivity contribution in [1.29, 1.82) is 0 Å². The summed E-state index contributed by atoms with van der Waals surface area (Å²) in [6.45, 7) is 8.99. The van der Waals surface area contributed by atoms with Crippen LogP contribution in [0.4, 0.5) is 11.4 Å².